The maximum Gasteiger partial charge on any atom is 0.193 e. The molecule has 164 valence electrons. The van der Waals surface area contributed by atoms with Crippen LogP contribution >= 0.6 is 24.0 Å². The number of nitrogens with zero attached hydrogens (tertiary/aromatic N) is 2. The minimum atomic E-state index is 0. The highest BCUT2D eigenvalue weighted by atomic mass is 127. The predicted octanol–water partition coefficient (Wildman–Crippen LogP) is 3.95. The van der Waals surface area contributed by atoms with E-state index in [0.29, 0.717) is 19.8 Å². The lowest BCUT2D eigenvalue weighted by atomic mass is 10.1. The second kappa shape index (κ2) is 13.3. The Hall–Kier alpha value is -2.00. The van der Waals surface area contributed by atoms with Gasteiger partial charge in [-0.05, 0) is 29.8 Å². The lowest BCUT2D eigenvalue weighted by molar-refractivity contribution is 0.129. The van der Waals surface area contributed by atoms with Crippen molar-refractivity contribution >= 4 is 29.9 Å². The Morgan fingerprint density at radius 2 is 1.77 bits per heavy atom. The maximum atomic E-state index is 6.09. The molecule has 0 amide bonds. The van der Waals surface area contributed by atoms with E-state index in [1.165, 1.54) is 0 Å². The van der Waals surface area contributed by atoms with Crippen molar-refractivity contribution in [2.24, 2.45) is 4.99 Å². The van der Waals surface area contributed by atoms with Gasteiger partial charge in [0.2, 0.25) is 0 Å². The number of aliphatic imine (C=N–C) groups is 1. The highest BCUT2D eigenvalue weighted by Crippen LogP contribution is 2.19. The Labute approximate surface area is 196 Å². The molecule has 6 nitrogen and oxygen atoms in total. The monoisotopic (exact) mass is 525 g/mol. The highest BCUT2D eigenvalue weighted by molar-refractivity contribution is 14.0. The van der Waals surface area contributed by atoms with Crippen molar-refractivity contribution in [3.8, 4) is 11.5 Å². The van der Waals surface area contributed by atoms with Crippen molar-refractivity contribution in [3.63, 3.8) is 0 Å². The van der Waals surface area contributed by atoms with Crippen LogP contribution in [0.25, 0.3) is 0 Å². The fourth-order valence-electron chi connectivity index (χ4n) is 3.38. The molecule has 1 saturated heterocycles. The quantitative estimate of drug-likeness (QED) is 0.245. The van der Waals surface area contributed by atoms with E-state index in [1.807, 2.05) is 49.5 Å². The molecular formula is C23H32IN3O3. The number of halogens is 1. The van der Waals surface area contributed by atoms with Crippen LogP contribution in [0.3, 0.4) is 0 Å². The Bertz CT molecular complexity index is 765. The van der Waals surface area contributed by atoms with Crippen molar-refractivity contribution in [1.82, 2.24) is 10.2 Å². The molecule has 0 unspecified atom stereocenters. The SMILES string of the molecule is CN=C(NCc1cccc(OCCOC)c1)N1CCC(Oc2ccccc2)CC1.I. The van der Waals surface area contributed by atoms with Crippen molar-refractivity contribution in [2.75, 3.05) is 40.5 Å². The number of guanidine groups is 1. The highest BCUT2D eigenvalue weighted by Gasteiger charge is 2.22. The Balaban J connectivity index is 0.00000320. The minimum Gasteiger partial charge on any atom is -0.491 e. The third-order valence-corrected chi connectivity index (χ3v) is 4.90. The van der Waals surface area contributed by atoms with Gasteiger partial charge in [-0.15, -0.1) is 24.0 Å². The molecule has 1 N–H and O–H groups in total. The molecule has 0 aromatic heterocycles. The number of rotatable bonds is 8. The van der Waals surface area contributed by atoms with E-state index in [-0.39, 0.29) is 30.1 Å². The van der Waals surface area contributed by atoms with Crippen LogP contribution in [0, 0.1) is 0 Å². The van der Waals surface area contributed by atoms with E-state index in [1.54, 1.807) is 7.11 Å². The molecular weight excluding hydrogens is 493 g/mol. The molecule has 0 radical (unpaired) electrons. The predicted molar refractivity (Wildman–Crippen MR) is 131 cm³/mol. The lowest BCUT2D eigenvalue weighted by Crippen LogP contribution is -2.47. The number of para-hydroxylation sites is 1. The molecule has 1 aliphatic rings. The largest absolute Gasteiger partial charge is 0.491 e. The number of ether oxygens (including phenoxy) is 3. The first-order chi connectivity index (χ1) is 14.3. The van der Waals surface area contributed by atoms with E-state index in [4.69, 9.17) is 14.2 Å². The summed E-state index contributed by atoms with van der Waals surface area (Å²) >= 11 is 0. The van der Waals surface area contributed by atoms with Crippen molar-refractivity contribution in [1.29, 1.82) is 0 Å². The first-order valence-electron chi connectivity index (χ1n) is 10.2. The Morgan fingerprint density at radius 1 is 1.03 bits per heavy atom. The van der Waals surface area contributed by atoms with Crippen LogP contribution < -0.4 is 14.8 Å². The Morgan fingerprint density at radius 3 is 2.47 bits per heavy atom. The molecule has 0 bridgehead atoms. The summed E-state index contributed by atoms with van der Waals surface area (Å²) in [4.78, 5) is 6.76. The van der Waals surface area contributed by atoms with Crippen molar-refractivity contribution < 1.29 is 14.2 Å². The molecule has 1 aliphatic heterocycles. The van der Waals surface area contributed by atoms with Gasteiger partial charge in [0.25, 0.3) is 0 Å². The summed E-state index contributed by atoms with van der Waals surface area (Å²) in [6.07, 6.45) is 2.23. The number of likely N-dealkylation sites (tertiary alicyclic amines) is 1. The second-order valence-electron chi connectivity index (χ2n) is 7.01. The van der Waals surface area contributed by atoms with Gasteiger partial charge in [0, 0.05) is 46.6 Å². The summed E-state index contributed by atoms with van der Waals surface area (Å²) in [7, 11) is 3.51. The van der Waals surface area contributed by atoms with Gasteiger partial charge in [-0.25, -0.2) is 0 Å². The van der Waals surface area contributed by atoms with Crippen LogP contribution in [-0.4, -0.2) is 57.4 Å². The smallest absolute Gasteiger partial charge is 0.193 e. The van der Waals surface area contributed by atoms with Gasteiger partial charge < -0.3 is 24.4 Å². The topological polar surface area (TPSA) is 55.3 Å². The zero-order valence-electron chi connectivity index (χ0n) is 17.8. The third-order valence-electron chi connectivity index (χ3n) is 4.90. The fourth-order valence-corrected chi connectivity index (χ4v) is 3.38. The fraction of sp³-hybridized carbons (Fsp3) is 0.435. The number of hydrogen-bond donors (Lipinski definition) is 1. The molecule has 3 rings (SSSR count). The maximum absolute atomic E-state index is 6.09. The molecule has 1 fully saturated rings. The minimum absolute atomic E-state index is 0. The van der Waals surface area contributed by atoms with Gasteiger partial charge in [-0.3, -0.25) is 4.99 Å². The van der Waals surface area contributed by atoms with Gasteiger partial charge in [0.1, 0.15) is 24.2 Å². The summed E-state index contributed by atoms with van der Waals surface area (Å²) in [6, 6.07) is 18.2. The van der Waals surface area contributed by atoms with E-state index >= 15 is 0 Å². The van der Waals surface area contributed by atoms with Crippen LogP contribution in [0.4, 0.5) is 0 Å². The van der Waals surface area contributed by atoms with Crippen LogP contribution in [-0.2, 0) is 11.3 Å². The van der Waals surface area contributed by atoms with Crippen molar-refractivity contribution in [3.05, 3.63) is 60.2 Å². The van der Waals surface area contributed by atoms with E-state index in [2.05, 4.69) is 27.3 Å². The first kappa shape index (κ1) is 24.3. The molecule has 7 heteroatoms. The summed E-state index contributed by atoms with van der Waals surface area (Å²) in [6.45, 7) is 3.69. The molecule has 2 aromatic rings. The molecule has 1 heterocycles. The van der Waals surface area contributed by atoms with Gasteiger partial charge in [0.15, 0.2) is 5.96 Å². The van der Waals surface area contributed by atoms with Gasteiger partial charge in [-0.1, -0.05) is 30.3 Å². The van der Waals surface area contributed by atoms with E-state index < -0.39 is 0 Å². The van der Waals surface area contributed by atoms with Gasteiger partial charge in [-0.2, -0.15) is 0 Å². The van der Waals surface area contributed by atoms with E-state index in [9.17, 15) is 0 Å². The number of hydrogen-bond acceptors (Lipinski definition) is 4. The van der Waals surface area contributed by atoms with Crippen LogP contribution in [0.5, 0.6) is 11.5 Å². The van der Waals surface area contributed by atoms with E-state index in [0.717, 1.165) is 49.0 Å². The van der Waals surface area contributed by atoms with Crippen LogP contribution in [0.15, 0.2) is 59.6 Å². The molecule has 2 aromatic carbocycles. The Kier molecular flexibility index (Phi) is 10.8. The van der Waals surface area contributed by atoms with Gasteiger partial charge in [0.05, 0.1) is 6.61 Å². The summed E-state index contributed by atoms with van der Waals surface area (Å²) in [5.41, 5.74) is 1.16. The first-order valence-corrected chi connectivity index (χ1v) is 10.2. The normalized spacial score (nSPS) is 14.7. The zero-order chi connectivity index (χ0) is 20.3. The lowest BCUT2D eigenvalue weighted by Gasteiger charge is -2.34. The average molecular weight is 525 g/mol. The number of nitrogens with one attached hydrogen (secondary N) is 1. The van der Waals surface area contributed by atoms with Crippen LogP contribution in [0.2, 0.25) is 0 Å². The molecule has 0 saturated carbocycles. The van der Waals surface area contributed by atoms with Crippen molar-refractivity contribution in [2.45, 2.75) is 25.5 Å². The summed E-state index contributed by atoms with van der Waals surface area (Å²) in [5.74, 6) is 2.73. The standard InChI is InChI=1S/C23H31N3O3.HI/c1-24-23(25-18-19-7-6-10-22(17-19)28-16-15-27-2)26-13-11-21(12-14-26)29-20-8-4-3-5-9-20;/h3-10,17,21H,11-16,18H2,1-2H3,(H,24,25);1H. The summed E-state index contributed by atoms with van der Waals surface area (Å²) < 4.78 is 16.8. The summed E-state index contributed by atoms with van der Waals surface area (Å²) in [5, 5.41) is 3.47. The third kappa shape index (κ3) is 7.68. The number of piperidine rings is 1. The molecule has 0 spiro atoms. The number of methoxy groups -OCH3 is 1. The molecule has 30 heavy (non-hydrogen) atoms. The molecule has 0 aliphatic carbocycles. The second-order valence-corrected chi connectivity index (χ2v) is 7.01. The average Bonchev–Trinajstić information content (AvgIpc) is 2.76. The number of benzene rings is 2. The van der Waals surface area contributed by atoms with Crippen LogP contribution in [0.1, 0.15) is 18.4 Å². The van der Waals surface area contributed by atoms with Gasteiger partial charge >= 0.3 is 0 Å². The molecule has 0 atom stereocenters. The zero-order valence-corrected chi connectivity index (χ0v) is 20.1.